The second kappa shape index (κ2) is 9.19. The minimum Gasteiger partial charge on any atom is -0.354 e. The van der Waals surface area contributed by atoms with Crippen LogP contribution in [0.25, 0.3) is 16.9 Å². The molecule has 0 aliphatic carbocycles. The Kier molecular flexibility index (Phi) is 6.44. The van der Waals surface area contributed by atoms with Gasteiger partial charge in [0.2, 0.25) is 5.91 Å². The van der Waals surface area contributed by atoms with E-state index in [-0.39, 0.29) is 17.7 Å². The zero-order valence-electron chi connectivity index (χ0n) is 17.0. The number of rotatable bonds is 7. The van der Waals surface area contributed by atoms with Gasteiger partial charge in [0.25, 0.3) is 5.91 Å². The van der Waals surface area contributed by atoms with Crippen molar-refractivity contribution in [2.24, 2.45) is 5.92 Å². The van der Waals surface area contributed by atoms with Gasteiger partial charge < -0.3 is 10.6 Å². The first-order chi connectivity index (χ1) is 14.0. The third kappa shape index (κ3) is 5.10. The fourth-order valence-corrected chi connectivity index (χ4v) is 2.92. The quantitative estimate of drug-likeness (QED) is 0.608. The van der Waals surface area contributed by atoms with Gasteiger partial charge in [0.15, 0.2) is 0 Å². The van der Waals surface area contributed by atoms with Crippen LogP contribution in [0.5, 0.6) is 0 Å². The van der Waals surface area contributed by atoms with Crippen molar-refractivity contribution in [2.45, 2.75) is 20.8 Å². The highest BCUT2D eigenvalue weighted by Crippen LogP contribution is 2.24. The summed E-state index contributed by atoms with van der Waals surface area (Å²) in [5, 5.41) is 10.4. The van der Waals surface area contributed by atoms with Gasteiger partial charge in [-0.25, -0.2) is 4.68 Å². The van der Waals surface area contributed by atoms with E-state index in [1.807, 2.05) is 75.4 Å². The molecule has 6 nitrogen and oxygen atoms in total. The average Bonchev–Trinajstić information content (AvgIpc) is 3.17. The summed E-state index contributed by atoms with van der Waals surface area (Å²) in [4.78, 5) is 24.5. The third-order valence-electron chi connectivity index (χ3n) is 4.51. The van der Waals surface area contributed by atoms with Crippen LogP contribution >= 0.6 is 0 Å². The molecule has 2 N–H and O–H groups in total. The van der Waals surface area contributed by atoms with E-state index in [4.69, 9.17) is 0 Å². The second-order valence-corrected chi connectivity index (χ2v) is 7.24. The van der Waals surface area contributed by atoms with Gasteiger partial charge in [-0.2, -0.15) is 5.10 Å². The number of hydrogen-bond acceptors (Lipinski definition) is 3. The molecule has 0 aliphatic rings. The monoisotopic (exact) mass is 390 g/mol. The first-order valence-corrected chi connectivity index (χ1v) is 9.73. The molecule has 0 unspecified atom stereocenters. The molecule has 0 saturated heterocycles. The number of benzene rings is 2. The van der Waals surface area contributed by atoms with E-state index in [0.29, 0.717) is 24.3 Å². The number of carbonyl (C=O) groups is 2. The van der Waals surface area contributed by atoms with Crippen molar-refractivity contribution in [3.8, 4) is 16.9 Å². The Bertz CT molecular complexity index is 993. The predicted octanol–water partition coefficient (Wildman–Crippen LogP) is 3.35. The molecule has 2 amide bonds. The first-order valence-electron chi connectivity index (χ1n) is 9.73. The molecule has 3 aromatic rings. The standard InChI is InChI=1S/C23H26N4O2/c1-16(2)22(28)24-12-13-25-23(29)20-15-27(19-10-5-4-6-11-19)26-21(20)18-9-7-8-17(3)14-18/h4-11,14-16H,12-13H2,1-3H3,(H,24,28)(H,25,29). The molecule has 6 heteroatoms. The summed E-state index contributed by atoms with van der Waals surface area (Å²) >= 11 is 0. The third-order valence-corrected chi connectivity index (χ3v) is 4.51. The number of para-hydroxylation sites is 1. The molecule has 150 valence electrons. The summed E-state index contributed by atoms with van der Waals surface area (Å²) in [6, 6.07) is 17.6. The molecule has 0 radical (unpaired) electrons. The van der Waals surface area contributed by atoms with E-state index in [1.165, 1.54) is 0 Å². The SMILES string of the molecule is Cc1cccc(-c2nn(-c3ccccc3)cc2C(=O)NCCNC(=O)C(C)C)c1. The lowest BCUT2D eigenvalue weighted by Gasteiger charge is -2.09. The Labute approximate surface area is 170 Å². The normalized spacial score (nSPS) is 10.8. The number of aromatic nitrogens is 2. The highest BCUT2D eigenvalue weighted by molar-refractivity contribution is 6.00. The van der Waals surface area contributed by atoms with Crippen LogP contribution in [0, 0.1) is 12.8 Å². The Hall–Kier alpha value is -3.41. The Morgan fingerprint density at radius 1 is 1.00 bits per heavy atom. The summed E-state index contributed by atoms with van der Waals surface area (Å²) in [6.45, 7) is 6.41. The lowest BCUT2D eigenvalue weighted by atomic mass is 10.1. The summed E-state index contributed by atoms with van der Waals surface area (Å²) < 4.78 is 1.72. The Morgan fingerprint density at radius 2 is 1.72 bits per heavy atom. The van der Waals surface area contributed by atoms with E-state index in [9.17, 15) is 9.59 Å². The highest BCUT2D eigenvalue weighted by Gasteiger charge is 2.18. The Balaban J connectivity index is 1.83. The fraction of sp³-hybridized carbons (Fsp3) is 0.261. The predicted molar refractivity (Wildman–Crippen MR) is 114 cm³/mol. The van der Waals surface area contributed by atoms with Crippen molar-refractivity contribution in [1.82, 2.24) is 20.4 Å². The summed E-state index contributed by atoms with van der Waals surface area (Å²) in [5.74, 6) is -0.332. The molecular formula is C23H26N4O2. The van der Waals surface area contributed by atoms with Crippen molar-refractivity contribution < 1.29 is 9.59 Å². The molecule has 0 aliphatic heterocycles. The van der Waals surface area contributed by atoms with E-state index in [2.05, 4.69) is 15.7 Å². The number of nitrogens with one attached hydrogen (secondary N) is 2. The molecular weight excluding hydrogens is 364 g/mol. The van der Waals surface area contributed by atoms with Gasteiger partial charge in [-0.3, -0.25) is 9.59 Å². The van der Waals surface area contributed by atoms with Gasteiger partial charge in [-0.05, 0) is 25.1 Å². The summed E-state index contributed by atoms with van der Waals surface area (Å²) in [7, 11) is 0. The highest BCUT2D eigenvalue weighted by atomic mass is 16.2. The van der Waals surface area contributed by atoms with Gasteiger partial charge in [-0.15, -0.1) is 0 Å². The minimum atomic E-state index is -0.220. The molecule has 1 heterocycles. The lowest BCUT2D eigenvalue weighted by Crippen LogP contribution is -2.36. The largest absolute Gasteiger partial charge is 0.354 e. The van der Waals surface area contributed by atoms with E-state index in [1.54, 1.807) is 10.9 Å². The number of amides is 2. The van der Waals surface area contributed by atoms with Crippen molar-refractivity contribution in [3.63, 3.8) is 0 Å². The molecule has 0 fully saturated rings. The number of nitrogens with zero attached hydrogens (tertiary/aromatic N) is 2. The zero-order valence-corrected chi connectivity index (χ0v) is 17.0. The molecule has 0 saturated carbocycles. The average molecular weight is 390 g/mol. The minimum absolute atomic E-state index is 0.0309. The van der Waals surface area contributed by atoms with Crippen LogP contribution in [-0.2, 0) is 4.79 Å². The fourth-order valence-electron chi connectivity index (χ4n) is 2.92. The van der Waals surface area contributed by atoms with Crippen molar-refractivity contribution in [2.75, 3.05) is 13.1 Å². The number of aryl methyl sites for hydroxylation is 1. The first kappa shape index (κ1) is 20.3. The van der Waals surface area contributed by atoms with E-state index >= 15 is 0 Å². The van der Waals surface area contributed by atoms with Crippen LogP contribution in [0.4, 0.5) is 0 Å². The second-order valence-electron chi connectivity index (χ2n) is 7.24. The molecule has 0 bridgehead atoms. The molecule has 0 spiro atoms. The van der Waals surface area contributed by atoms with Gasteiger partial charge in [-0.1, -0.05) is 55.8 Å². The van der Waals surface area contributed by atoms with Gasteiger partial charge in [0.1, 0.15) is 5.69 Å². The topological polar surface area (TPSA) is 76.0 Å². The maximum absolute atomic E-state index is 12.9. The lowest BCUT2D eigenvalue weighted by molar-refractivity contribution is -0.123. The maximum Gasteiger partial charge on any atom is 0.255 e. The van der Waals surface area contributed by atoms with Crippen LogP contribution < -0.4 is 10.6 Å². The van der Waals surface area contributed by atoms with E-state index < -0.39 is 0 Å². The van der Waals surface area contributed by atoms with Gasteiger partial charge in [0.05, 0.1) is 11.3 Å². The van der Waals surface area contributed by atoms with Gasteiger partial charge in [0, 0.05) is 30.8 Å². The Morgan fingerprint density at radius 3 is 2.41 bits per heavy atom. The smallest absolute Gasteiger partial charge is 0.255 e. The number of hydrogen-bond donors (Lipinski definition) is 2. The van der Waals surface area contributed by atoms with Crippen LogP contribution in [0.15, 0.2) is 60.8 Å². The molecule has 1 aromatic heterocycles. The van der Waals surface area contributed by atoms with Crippen molar-refractivity contribution >= 4 is 11.8 Å². The number of carbonyl (C=O) groups excluding carboxylic acids is 2. The molecule has 3 rings (SSSR count). The van der Waals surface area contributed by atoms with E-state index in [0.717, 1.165) is 16.8 Å². The van der Waals surface area contributed by atoms with Crippen LogP contribution in [0.2, 0.25) is 0 Å². The van der Waals surface area contributed by atoms with Crippen molar-refractivity contribution in [3.05, 3.63) is 71.9 Å². The van der Waals surface area contributed by atoms with Crippen LogP contribution in [0.3, 0.4) is 0 Å². The molecule has 0 atom stereocenters. The summed E-state index contributed by atoms with van der Waals surface area (Å²) in [5.41, 5.74) is 3.98. The summed E-state index contributed by atoms with van der Waals surface area (Å²) in [6.07, 6.45) is 1.75. The zero-order chi connectivity index (χ0) is 20.8. The van der Waals surface area contributed by atoms with Crippen LogP contribution in [0.1, 0.15) is 29.8 Å². The molecule has 29 heavy (non-hydrogen) atoms. The molecule has 2 aromatic carbocycles. The maximum atomic E-state index is 12.9. The van der Waals surface area contributed by atoms with Crippen LogP contribution in [-0.4, -0.2) is 34.7 Å². The van der Waals surface area contributed by atoms with Gasteiger partial charge >= 0.3 is 0 Å². The van der Waals surface area contributed by atoms with Crippen molar-refractivity contribution in [1.29, 1.82) is 0 Å².